The van der Waals surface area contributed by atoms with Gasteiger partial charge in [0.1, 0.15) is 17.1 Å². The van der Waals surface area contributed by atoms with Crippen LogP contribution in [-0.4, -0.2) is 65.0 Å². The third kappa shape index (κ3) is 8.20. The highest BCUT2D eigenvalue weighted by Gasteiger charge is 2.35. The Balaban J connectivity index is 1.90. The van der Waals surface area contributed by atoms with Gasteiger partial charge in [-0.15, -0.1) is 0 Å². The number of carbonyl (C=O) groups is 1. The predicted molar refractivity (Wildman–Crippen MR) is 149 cm³/mol. The second-order valence-corrected chi connectivity index (χ2v) is 11.0. The summed E-state index contributed by atoms with van der Waals surface area (Å²) in [6.07, 6.45) is -3.10. The molecular weight excluding hydrogens is 565 g/mol. The minimum absolute atomic E-state index is 0.162. The zero-order valence-corrected chi connectivity index (χ0v) is 23.9. The molecule has 0 unspecified atom stereocenters. The number of aromatic nitrogens is 2. The van der Waals surface area contributed by atoms with Crippen molar-refractivity contribution >= 4 is 39.1 Å². The summed E-state index contributed by atoms with van der Waals surface area (Å²) in [7, 11) is 0.626. The summed E-state index contributed by atoms with van der Waals surface area (Å²) in [4.78, 5) is 20.2. The minimum atomic E-state index is -4.77. The van der Waals surface area contributed by atoms with Crippen molar-refractivity contribution in [1.29, 1.82) is 0 Å². The molecule has 3 N–H and O–H groups in total. The van der Waals surface area contributed by atoms with E-state index in [-0.39, 0.29) is 24.1 Å². The number of ether oxygens (including phenoxy) is 2. The Bertz CT molecular complexity index is 1500. The zero-order chi connectivity index (χ0) is 30.4. The van der Waals surface area contributed by atoms with Gasteiger partial charge in [0.2, 0.25) is 16.0 Å². The molecule has 1 amide bonds. The number of aryl methyl sites for hydroxylation is 1. The van der Waals surface area contributed by atoms with Gasteiger partial charge in [-0.1, -0.05) is 12.1 Å². The van der Waals surface area contributed by atoms with Gasteiger partial charge in [0.25, 0.3) is 5.91 Å². The fourth-order valence-electron chi connectivity index (χ4n) is 3.68. The number of benzene rings is 2. The summed E-state index contributed by atoms with van der Waals surface area (Å²) < 4.78 is 77.0. The Morgan fingerprint density at radius 2 is 1.85 bits per heavy atom. The largest absolute Gasteiger partial charge is 0.495 e. The number of methoxy groups -OCH3 is 2. The molecule has 3 aromatic rings. The van der Waals surface area contributed by atoms with E-state index in [4.69, 9.17) is 9.47 Å². The molecule has 3 rings (SSSR count). The van der Waals surface area contributed by atoms with Crippen LogP contribution in [0.2, 0.25) is 0 Å². The Morgan fingerprint density at radius 3 is 2.49 bits per heavy atom. The van der Waals surface area contributed by atoms with E-state index in [1.54, 1.807) is 25.1 Å². The molecule has 0 fully saturated rings. The van der Waals surface area contributed by atoms with Crippen LogP contribution in [0.4, 0.5) is 36.3 Å². The normalized spacial score (nSPS) is 11.6. The van der Waals surface area contributed by atoms with Crippen LogP contribution in [0.1, 0.15) is 27.0 Å². The minimum Gasteiger partial charge on any atom is -0.495 e. The SMILES string of the molecule is COCCNC(=O)c1ccc(Nc2ncc(C(F)(F)F)c(NCc3ccc(C)cc3N(C)S(C)(=O)=O)n2)c(OC)c1. The quantitative estimate of drug-likeness (QED) is 0.266. The molecule has 0 aliphatic rings. The molecule has 11 nitrogen and oxygen atoms in total. The standard InChI is InChI=1S/C26H31F3N6O5S/c1-16-6-7-18(21(12-16)35(2)41(5,37)38)14-31-23-19(26(27,28)29)15-32-25(34-23)33-20-9-8-17(13-22(20)40-4)24(36)30-10-11-39-3/h6-9,12-13,15H,10-11,14H2,1-5H3,(H,30,36)(H2,31,32,33,34). The molecule has 1 aromatic heterocycles. The van der Waals surface area contributed by atoms with Gasteiger partial charge < -0.3 is 25.4 Å². The van der Waals surface area contributed by atoms with Gasteiger partial charge in [0.05, 0.1) is 31.3 Å². The molecule has 15 heteroatoms. The van der Waals surface area contributed by atoms with Crippen LogP contribution < -0.4 is 25.0 Å². The number of amides is 1. The molecule has 0 bridgehead atoms. The van der Waals surface area contributed by atoms with Crippen LogP contribution in [0, 0.1) is 6.92 Å². The number of anilines is 4. The highest BCUT2D eigenvalue weighted by Crippen LogP contribution is 2.35. The maximum absolute atomic E-state index is 13.8. The van der Waals surface area contributed by atoms with E-state index in [0.29, 0.717) is 41.9 Å². The van der Waals surface area contributed by atoms with Crippen molar-refractivity contribution in [3.8, 4) is 5.75 Å². The third-order valence-electron chi connectivity index (χ3n) is 5.92. The van der Waals surface area contributed by atoms with Crippen molar-refractivity contribution in [2.75, 3.05) is 55.6 Å². The van der Waals surface area contributed by atoms with Crippen molar-refractivity contribution in [3.05, 3.63) is 64.8 Å². The first-order valence-electron chi connectivity index (χ1n) is 12.2. The molecule has 0 saturated heterocycles. The molecule has 0 aliphatic heterocycles. The van der Waals surface area contributed by atoms with Crippen molar-refractivity contribution in [2.24, 2.45) is 0 Å². The summed E-state index contributed by atoms with van der Waals surface area (Å²) >= 11 is 0. The fourth-order valence-corrected chi connectivity index (χ4v) is 4.21. The van der Waals surface area contributed by atoms with Gasteiger partial charge in [0.15, 0.2) is 0 Å². The number of sulfonamides is 1. The Morgan fingerprint density at radius 1 is 1.12 bits per heavy atom. The Kier molecular flexibility index (Phi) is 9.99. The van der Waals surface area contributed by atoms with E-state index in [0.717, 1.165) is 16.1 Å². The average molecular weight is 597 g/mol. The number of hydrogen-bond acceptors (Lipinski definition) is 9. The van der Waals surface area contributed by atoms with Gasteiger partial charge in [-0.05, 0) is 42.3 Å². The molecule has 0 spiro atoms. The monoisotopic (exact) mass is 596 g/mol. The van der Waals surface area contributed by atoms with Crippen LogP contribution in [0.15, 0.2) is 42.6 Å². The van der Waals surface area contributed by atoms with Crippen LogP contribution in [0.3, 0.4) is 0 Å². The fraction of sp³-hybridized carbons (Fsp3) is 0.346. The Hall–Kier alpha value is -4.11. The van der Waals surface area contributed by atoms with E-state index >= 15 is 0 Å². The number of hydrogen-bond donors (Lipinski definition) is 3. The van der Waals surface area contributed by atoms with Crippen LogP contribution in [0.25, 0.3) is 0 Å². The number of carbonyl (C=O) groups excluding carboxylic acids is 1. The number of nitrogens with zero attached hydrogens (tertiary/aromatic N) is 3. The molecule has 0 aliphatic carbocycles. The number of nitrogens with one attached hydrogen (secondary N) is 3. The first kappa shape index (κ1) is 31.4. The molecule has 1 heterocycles. The molecule has 2 aromatic carbocycles. The lowest BCUT2D eigenvalue weighted by Crippen LogP contribution is -2.26. The number of rotatable bonds is 12. The van der Waals surface area contributed by atoms with Crippen molar-refractivity contribution in [2.45, 2.75) is 19.6 Å². The van der Waals surface area contributed by atoms with Gasteiger partial charge >= 0.3 is 6.18 Å². The lowest BCUT2D eigenvalue weighted by Gasteiger charge is -2.22. The lowest BCUT2D eigenvalue weighted by atomic mass is 10.1. The summed E-state index contributed by atoms with van der Waals surface area (Å²) in [6, 6.07) is 9.46. The molecule has 41 heavy (non-hydrogen) atoms. The number of alkyl halides is 3. The van der Waals surface area contributed by atoms with Crippen molar-refractivity contribution < 1.29 is 35.9 Å². The molecule has 0 saturated carbocycles. The van der Waals surface area contributed by atoms with Crippen LogP contribution in [0.5, 0.6) is 5.75 Å². The van der Waals surface area contributed by atoms with E-state index in [9.17, 15) is 26.4 Å². The number of halogens is 3. The third-order valence-corrected chi connectivity index (χ3v) is 7.11. The topological polar surface area (TPSA) is 135 Å². The summed E-state index contributed by atoms with van der Waals surface area (Å²) in [5.41, 5.74) is 1.02. The summed E-state index contributed by atoms with van der Waals surface area (Å²) in [6.45, 7) is 2.26. The smallest absolute Gasteiger partial charge is 0.421 e. The first-order chi connectivity index (χ1) is 19.2. The Labute approximate surface area is 236 Å². The van der Waals surface area contributed by atoms with Crippen LogP contribution in [-0.2, 0) is 27.5 Å². The van der Waals surface area contributed by atoms with Gasteiger partial charge in [-0.3, -0.25) is 9.10 Å². The second-order valence-electron chi connectivity index (χ2n) is 8.96. The molecule has 0 radical (unpaired) electrons. The van der Waals surface area contributed by atoms with Crippen LogP contribution >= 0.6 is 0 Å². The van der Waals surface area contributed by atoms with Gasteiger partial charge in [-0.25, -0.2) is 13.4 Å². The van der Waals surface area contributed by atoms with E-state index in [1.807, 2.05) is 0 Å². The van der Waals surface area contributed by atoms with E-state index < -0.39 is 27.6 Å². The first-order valence-corrected chi connectivity index (χ1v) is 14.0. The van der Waals surface area contributed by atoms with Crippen molar-refractivity contribution in [1.82, 2.24) is 15.3 Å². The second kappa shape index (κ2) is 13.0. The van der Waals surface area contributed by atoms with Crippen molar-refractivity contribution in [3.63, 3.8) is 0 Å². The summed E-state index contributed by atoms with van der Waals surface area (Å²) in [5.74, 6) is -0.818. The molecule has 0 atom stereocenters. The van der Waals surface area contributed by atoms with E-state index in [2.05, 4.69) is 25.9 Å². The maximum atomic E-state index is 13.8. The predicted octanol–water partition coefficient (Wildman–Crippen LogP) is 3.94. The summed E-state index contributed by atoms with van der Waals surface area (Å²) in [5, 5.41) is 8.18. The highest BCUT2D eigenvalue weighted by molar-refractivity contribution is 7.92. The maximum Gasteiger partial charge on any atom is 0.421 e. The zero-order valence-electron chi connectivity index (χ0n) is 23.1. The van der Waals surface area contributed by atoms with Gasteiger partial charge in [0, 0.05) is 39.0 Å². The molecule has 222 valence electrons. The average Bonchev–Trinajstić information content (AvgIpc) is 2.91. The highest BCUT2D eigenvalue weighted by atomic mass is 32.2. The van der Waals surface area contributed by atoms with E-state index in [1.165, 1.54) is 39.5 Å². The lowest BCUT2D eigenvalue weighted by molar-refractivity contribution is -0.137. The van der Waals surface area contributed by atoms with Gasteiger partial charge in [-0.2, -0.15) is 18.2 Å². The molecular formula is C26H31F3N6O5S.